The minimum Gasteiger partial charge on any atom is -0.375 e. The highest BCUT2D eigenvalue weighted by Crippen LogP contribution is 2.39. The van der Waals surface area contributed by atoms with E-state index in [9.17, 15) is 4.79 Å². The molecule has 5 nitrogen and oxygen atoms in total. The van der Waals surface area contributed by atoms with Gasteiger partial charge in [-0.05, 0) is 68.7 Å². The number of likely N-dealkylation sites (tertiary alicyclic amines) is 1. The topological polar surface area (TPSA) is 50.8 Å². The molecule has 5 heteroatoms. The van der Waals surface area contributed by atoms with Crippen LogP contribution in [0.25, 0.3) is 0 Å². The standard InChI is InChI=1S/C22H34N2O3/c1-16-11-18(3)19(12-17(16)2)14-24-9-7-22(8-10-24)6-5-20(27-22)13-23-21(25)15-26-4/h11-12,20H,5-10,13-15H2,1-4H3,(H,23,25). The molecule has 1 N–H and O–H groups in total. The second-order valence-corrected chi connectivity index (χ2v) is 8.34. The van der Waals surface area contributed by atoms with Gasteiger partial charge in [-0.1, -0.05) is 12.1 Å². The monoisotopic (exact) mass is 374 g/mol. The van der Waals surface area contributed by atoms with Crippen molar-refractivity contribution in [1.29, 1.82) is 0 Å². The fraction of sp³-hybridized carbons (Fsp3) is 0.682. The first-order chi connectivity index (χ1) is 12.9. The minimum absolute atomic E-state index is 0.0192. The Morgan fingerprint density at radius 1 is 1.19 bits per heavy atom. The first-order valence-electron chi connectivity index (χ1n) is 10.1. The first-order valence-corrected chi connectivity index (χ1v) is 10.1. The largest absolute Gasteiger partial charge is 0.375 e. The fourth-order valence-corrected chi connectivity index (χ4v) is 4.37. The molecule has 1 aromatic carbocycles. The lowest BCUT2D eigenvalue weighted by molar-refractivity contribution is -0.126. The molecular weight excluding hydrogens is 340 g/mol. The third kappa shape index (κ3) is 5.09. The molecule has 0 bridgehead atoms. The Morgan fingerprint density at radius 3 is 2.59 bits per heavy atom. The van der Waals surface area contributed by atoms with Gasteiger partial charge >= 0.3 is 0 Å². The summed E-state index contributed by atoms with van der Waals surface area (Å²) < 4.78 is 11.2. The van der Waals surface area contributed by atoms with E-state index in [-0.39, 0.29) is 24.2 Å². The van der Waals surface area contributed by atoms with Crippen LogP contribution in [0, 0.1) is 20.8 Å². The molecule has 2 aliphatic heterocycles. The van der Waals surface area contributed by atoms with Crippen LogP contribution in [0.2, 0.25) is 0 Å². The number of piperidine rings is 1. The molecule has 150 valence electrons. The molecule has 0 aromatic heterocycles. The van der Waals surface area contributed by atoms with Crippen molar-refractivity contribution in [3.05, 3.63) is 34.4 Å². The number of methoxy groups -OCH3 is 1. The summed E-state index contributed by atoms with van der Waals surface area (Å²) in [7, 11) is 1.54. The van der Waals surface area contributed by atoms with Crippen LogP contribution in [0.4, 0.5) is 0 Å². The Bertz CT molecular complexity index is 666. The summed E-state index contributed by atoms with van der Waals surface area (Å²) in [5.74, 6) is -0.0689. The van der Waals surface area contributed by atoms with Gasteiger partial charge in [0.1, 0.15) is 6.61 Å². The molecule has 1 amide bonds. The number of ether oxygens (including phenoxy) is 2. The third-order valence-electron chi connectivity index (χ3n) is 6.25. The Balaban J connectivity index is 1.48. The normalized spacial score (nSPS) is 22.3. The quantitative estimate of drug-likeness (QED) is 0.832. The van der Waals surface area contributed by atoms with E-state index in [2.05, 4.69) is 43.1 Å². The predicted octanol–water partition coefficient (Wildman–Crippen LogP) is 2.89. The highest BCUT2D eigenvalue weighted by Gasteiger charge is 2.42. The van der Waals surface area contributed by atoms with Crippen LogP contribution in [-0.2, 0) is 20.8 Å². The summed E-state index contributed by atoms with van der Waals surface area (Å²) in [6.45, 7) is 10.5. The Kier molecular flexibility index (Phi) is 6.56. The third-order valence-corrected chi connectivity index (χ3v) is 6.25. The molecule has 0 radical (unpaired) electrons. The van der Waals surface area contributed by atoms with Gasteiger partial charge in [-0.25, -0.2) is 0 Å². The van der Waals surface area contributed by atoms with Gasteiger partial charge in [0.25, 0.3) is 0 Å². The van der Waals surface area contributed by atoms with Crippen molar-refractivity contribution in [3.8, 4) is 0 Å². The number of nitrogens with zero attached hydrogens (tertiary/aromatic N) is 1. The molecule has 2 saturated heterocycles. The molecule has 0 aliphatic carbocycles. The molecule has 1 spiro atoms. The van der Waals surface area contributed by atoms with E-state index in [4.69, 9.17) is 9.47 Å². The van der Waals surface area contributed by atoms with Crippen LogP contribution >= 0.6 is 0 Å². The van der Waals surface area contributed by atoms with Crippen molar-refractivity contribution in [2.75, 3.05) is 33.4 Å². The van der Waals surface area contributed by atoms with Crippen LogP contribution < -0.4 is 5.32 Å². The maximum Gasteiger partial charge on any atom is 0.246 e. The van der Waals surface area contributed by atoms with Crippen LogP contribution in [-0.4, -0.2) is 55.9 Å². The average molecular weight is 375 g/mol. The molecule has 3 rings (SSSR count). The van der Waals surface area contributed by atoms with Crippen LogP contribution in [0.1, 0.15) is 47.9 Å². The first kappa shape index (κ1) is 20.3. The van der Waals surface area contributed by atoms with Crippen LogP contribution in [0.15, 0.2) is 12.1 Å². The molecule has 1 aromatic rings. The van der Waals surface area contributed by atoms with Crippen molar-refractivity contribution in [2.24, 2.45) is 0 Å². The maximum atomic E-state index is 11.6. The smallest absolute Gasteiger partial charge is 0.246 e. The summed E-state index contributed by atoms with van der Waals surface area (Å²) in [4.78, 5) is 14.1. The number of nitrogens with one attached hydrogen (secondary N) is 1. The SMILES string of the molecule is COCC(=O)NCC1CCC2(CCN(Cc3cc(C)c(C)cc3C)CC2)O1. The van der Waals surface area contributed by atoms with Crippen molar-refractivity contribution in [3.63, 3.8) is 0 Å². The van der Waals surface area contributed by atoms with E-state index < -0.39 is 0 Å². The van der Waals surface area contributed by atoms with Gasteiger partial charge in [-0.15, -0.1) is 0 Å². The Labute approximate surface area is 163 Å². The molecule has 2 fully saturated rings. The number of aryl methyl sites for hydroxylation is 3. The second-order valence-electron chi connectivity index (χ2n) is 8.34. The Hall–Kier alpha value is -1.43. The molecule has 2 heterocycles. The van der Waals surface area contributed by atoms with Crippen molar-refractivity contribution in [1.82, 2.24) is 10.2 Å². The zero-order valence-corrected chi connectivity index (χ0v) is 17.3. The van der Waals surface area contributed by atoms with Crippen molar-refractivity contribution >= 4 is 5.91 Å². The lowest BCUT2D eigenvalue weighted by atomic mass is 9.88. The number of rotatable bonds is 6. The number of amides is 1. The molecule has 27 heavy (non-hydrogen) atoms. The molecule has 0 saturated carbocycles. The molecule has 1 atom stereocenters. The summed E-state index contributed by atoms with van der Waals surface area (Å²) in [5.41, 5.74) is 5.60. The molecule has 2 aliphatic rings. The Morgan fingerprint density at radius 2 is 1.89 bits per heavy atom. The highest BCUT2D eigenvalue weighted by atomic mass is 16.5. The lowest BCUT2D eigenvalue weighted by Crippen LogP contribution is -2.45. The zero-order chi connectivity index (χ0) is 19.4. The van der Waals surface area contributed by atoms with Crippen LogP contribution in [0.3, 0.4) is 0 Å². The summed E-state index contributed by atoms with van der Waals surface area (Å²) in [6, 6.07) is 4.65. The van der Waals surface area contributed by atoms with Gasteiger partial charge in [0.05, 0.1) is 11.7 Å². The van der Waals surface area contributed by atoms with E-state index >= 15 is 0 Å². The van der Waals surface area contributed by atoms with Gasteiger partial charge in [0, 0.05) is 33.3 Å². The number of hydrogen-bond donors (Lipinski definition) is 1. The maximum absolute atomic E-state index is 11.6. The summed E-state index contributed by atoms with van der Waals surface area (Å²) >= 11 is 0. The van der Waals surface area contributed by atoms with Gasteiger partial charge in [0.15, 0.2) is 0 Å². The van der Waals surface area contributed by atoms with E-state index in [1.165, 1.54) is 29.4 Å². The molecular formula is C22H34N2O3. The minimum atomic E-state index is -0.0689. The fourth-order valence-electron chi connectivity index (χ4n) is 4.37. The molecule has 1 unspecified atom stereocenters. The van der Waals surface area contributed by atoms with E-state index in [0.29, 0.717) is 6.54 Å². The zero-order valence-electron chi connectivity index (χ0n) is 17.3. The van der Waals surface area contributed by atoms with E-state index in [1.807, 2.05) is 0 Å². The van der Waals surface area contributed by atoms with E-state index in [1.54, 1.807) is 0 Å². The van der Waals surface area contributed by atoms with Gasteiger partial charge in [0.2, 0.25) is 5.91 Å². The number of benzene rings is 1. The van der Waals surface area contributed by atoms with Crippen LogP contribution in [0.5, 0.6) is 0 Å². The van der Waals surface area contributed by atoms with Gasteiger partial charge in [-0.2, -0.15) is 0 Å². The van der Waals surface area contributed by atoms with Gasteiger partial charge < -0.3 is 14.8 Å². The number of hydrogen-bond acceptors (Lipinski definition) is 4. The van der Waals surface area contributed by atoms with E-state index in [0.717, 1.165) is 45.3 Å². The van der Waals surface area contributed by atoms with Crippen molar-refractivity contribution < 1.29 is 14.3 Å². The number of carbonyl (C=O) groups excluding carboxylic acids is 1. The highest BCUT2D eigenvalue weighted by molar-refractivity contribution is 5.77. The second kappa shape index (κ2) is 8.72. The average Bonchev–Trinajstić information content (AvgIpc) is 3.03. The number of carbonyl (C=O) groups is 1. The lowest BCUT2D eigenvalue weighted by Gasteiger charge is -2.39. The summed E-state index contributed by atoms with van der Waals surface area (Å²) in [6.07, 6.45) is 4.44. The predicted molar refractivity (Wildman–Crippen MR) is 107 cm³/mol. The van der Waals surface area contributed by atoms with Gasteiger partial charge in [-0.3, -0.25) is 9.69 Å². The van der Waals surface area contributed by atoms with Crippen molar-refractivity contribution in [2.45, 2.75) is 64.7 Å². The summed E-state index contributed by atoms with van der Waals surface area (Å²) in [5, 5.41) is 2.91.